The molecule has 3 amide bonds. The third-order valence-corrected chi connectivity index (χ3v) is 3.82. The van der Waals surface area contributed by atoms with Crippen LogP contribution in [0, 0.1) is 0 Å². The molecule has 2 atom stereocenters. The minimum absolute atomic E-state index is 0.000648. The Kier molecular flexibility index (Phi) is 2.73. The number of rotatable bonds is 3. The highest BCUT2D eigenvalue weighted by Crippen LogP contribution is 2.43. The molecule has 0 aliphatic carbocycles. The number of carbonyl (C=O) groups excluding carboxylic acids is 2. The fourth-order valence-corrected chi connectivity index (χ4v) is 3.09. The molecular formula is C9H11N5O6S. The summed E-state index contributed by atoms with van der Waals surface area (Å²) in [5.41, 5.74) is 6.15. The number of hydrogen-bond donors (Lipinski definition) is 2. The van der Waals surface area contributed by atoms with Gasteiger partial charge in [0.25, 0.3) is 0 Å². The summed E-state index contributed by atoms with van der Waals surface area (Å²) in [6.07, 6.45) is 1.40. The molecule has 12 heteroatoms. The number of amides is 3. The summed E-state index contributed by atoms with van der Waals surface area (Å²) >= 11 is 0. The van der Waals surface area contributed by atoms with E-state index in [4.69, 9.17) is 10.3 Å². The standard InChI is InChI=1S/C9H11N5O6S/c1-12-6-4(2-11-12)5-3-13(7(6)8(10)15)9(16)14(5)20-21(17,18)19/h2,5,7H,3H2,1H3,(H2,10,15)(H,17,18,19)/t5-,7+/m1/s1. The van der Waals surface area contributed by atoms with Crippen LogP contribution >= 0.6 is 0 Å². The first-order valence-electron chi connectivity index (χ1n) is 5.78. The highest BCUT2D eigenvalue weighted by molar-refractivity contribution is 7.80. The molecule has 1 aromatic rings. The van der Waals surface area contributed by atoms with E-state index in [1.54, 1.807) is 7.05 Å². The van der Waals surface area contributed by atoms with Crippen molar-refractivity contribution in [1.82, 2.24) is 19.7 Å². The summed E-state index contributed by atoms with van der Waals surface area (Å²) < 4.78 is 36.2. The number of nitrogens with two attached hydrogens (primary N) is 1. The zero-order chi connectivity index (χ0) is 15.5. The van der Waals surface area contributed by atoms with E-state index >= 15 is 0 Å². The Morgan fingerprint density at radius 2 is 2.24 bits per heavy atom. The van der Waals surface area contributed by atoms with Gasteiger partial charge in [0.05, 0.1) is 18.4 Å². The predicted octanol–water partition coefficient (Wildman–Crippen LogP) is -1.53. The topological polar surface area (TPSA) is 148 Å². The Morgan fingerprint density at radius 3 is 2.81 bits per heavy atom. The first-order chi connectivity index (χ1) is 9.70. The molecule has 0 saturated carbocycles. The number of fused-ring (bicyclic) bond motifs is 4. The van der Waals surface area contributed by atoms with Crippen LogP contribution < -0.4 is 5.73 Å². The third-order valence-electron chi connectivity index (χ3n) is 3.48. The Morgan fingerprint density at radius 1 is 1.57 bits per heavy atom. The van der Waals surface area contributed by atoms with Crippen LogP contribution in [0.3, 0.4) is 0 Å². The Hall–Kier alpha value is -2.18. The molecule has 2 bridgehead atoms. The largest absolute Gasteiger partial charge is 0.418 e. The van der Waals surface area contributed by atoms with Crippen molar-refractivity contribution in [3.63, 3.8) is 0 Å². The van der Waals surface area contributed by atoms with Crippen LogP contribution in [0.15, 0.2) is 6.20 Å². The van der Waals surface area contributed by atoms with Gasteiger partial charge >= 0.3 is 16.4 Å². The number of aryl methyl sites for hydroxylation is 1. The van der Waals surface area contributed by atoms with E-state index in [0.29, 0.717) is 16.3 Å². The van der Waals surface area contributed by atoms with E-state index in [1.807, 2.05) is 0 Å². The quantitative estimate of drug-likeness (QED) is 0.642. The van der Waals surface area contributed by atoms with Gasteiger partial charge in [0.15, 0.2) is 6.04 Å². The molecule has 0 spiro atoms. The van der Waals surface area contributed by atoms with Crippen molar-refractivity contribution in [2.24, 2.45) is 12.8 Å². The maximum atomic E-state index is 12.2. The molecule has 0 unspecified atom stereocenters. The summed E-state index contributed by atoms with van der Waals surface area (Å²) in [5.74, 6) is -0.777. The fraction of sp³-hybridized carbons (Fsp3) is 0.444. The van der Waals surface area contributed by atoms with Gasteiger partial charge in [0.1, 0.15) is 6.04 Å². The van der Waals surface area contributed by atoms with Crippen molar-refractivity contribution < 1.29 is 26.8 Å². The van der Waals surface area contributed by atoms with Gasteiger partial charge in [-0.05, 0) is 0 Å². The molecule has 0 aromatic carbocycles. The normalized spacial score (nSPS) is 24.4. The Labute approximate surface area is 118 Å². The lowest BCUT2D eigenvalue weighted by molar-refractivity contribution is -0.122. The molecule has 2 aliphatic rings. The second-order valence-corrected chi connectivity index (χ2v) is 5.70. The zero-order valence-electron chi connectivity index (χ0n) is 10.7. The van der Waals surface area contributed by atoms with Crippen LogP contribution in [0.25, 0.3) is 0 Å². The summed E-state index contributed by atoms with van der Waals surface area (Å²) in [6.45, 7) is 0.000648. The van der Waals surface area contributed by atoms with Crippen LogP contribution in [0.1, 0.15) is 23.3 Å². The van der Waals surface area contributed by atoms with E-state index in [2.05, 4.69) is 9.38 Å². The maximum Gasteiger partial charge on any atom is 0.418 e. The monoisotopic (exact) mass is 317 g/mol. The summed E-state index contributed by atoms with van der Waals surface area (Å²) in [4.78, 5) is 24.9. The van der Waals surface area contributed by atoms with Crippen LogP contribution in [-0.2, 0) is 26.5 Å². The molecule has 11 nitrogen and oxygen atoms in total. The lowest BCUT2D eigenvalue weighted by Gasteiger charge is -2.28. The van der Waals surface area contributed by atoms with Gasteiger partial charge in [0, 0.05) is 12.6 Å². The van der Waals surface area contributed by atoms with E-state index in [1.165, 1.54) is 10.9 Å². The van der Waals surface area contributed by atoms with Crippen molar-refractivity contribution >= 4 is 22.3 Å². The molecule has 3 N–H and O–H groups in total. The van der Waals surface area contributed by atoms with E-state index in [9.17, 15) is 18.0 Å². The van der Waals surface area contributed by atoms with E-state index in [0.717, 1.165) is 4.90 Å². The first kappa shape index (κ1) is 13.8. The molecule has 114 valence electrons. The number of primary amides is 1. The van der Waals surface area contributed by atoms with Gasteiger partial charge in [-0.15, -0.1) is 4.28 Å². The number of urea groups is 1. The van der Waals surface area contributed by atoms with Crippen LogP contribution in [0.4, 0.5) is 4.79 Å². The SMILES string of the molecule is Cn1ncc2c1[C@@H](C(N)=O)N1C[C@H]2N(OS(=O)(=O)O)C1=O. The molecule has 21 heavy (non-hydrogen) atoms. The summed E-state index contributed by atoms with van der Waals surface area (Å²) in [5, 5.41) is 4.48. The van der Waals surface area contributed by atoms with E-state index in [-0.39, 0.29) is 6.54 Å². The van der Waals surface area contributed by atoms with Gasteiger partial charge in [-0.25, -0.2) is 4.79 Å². The van der Waals surface area contributed by atoms with Gasteiger partial charge in [-0.1, -0.05) is 0 Å². The van der Waals surface area contributed by atoms with Crippen molar-refractivity contribution in [3.05, 3.63) is 17.5 Å². The average Bonchev–Trinajstić information content (AvgIpc) is 2.84. The molecule has 2 aliphatic heterocycles. The second kappa shape index (κ2) is 4.16. The first-order valence-corrected chi connectivity index (χ1v) is 7.15. The molecular weight excluding hydrogens is 306 g/mol. The molecule has 1 saturated heterocycles. The number of carbonyl (C=O) groups is 2. The van der Waals surface area contributed by atoms with Crippen LogP contribution in [-0.4, -0.2) is 51.2 Å². The highest BCUT2D eigenvalue weighted by Gasteiger charge is 2.53. The van der Waals surface area contributed by atoms with Gasteiger partial charge in [-0.2, -0.15) is 18.6 Å². The van der Waals surface area contributed by atoms with Crippen molar-refractivity contribution in [3.8, 4) is 0 Å². The second-order valence-electron chi connectivity index (χ2n) is 4.69. The Bertz CT molecular complexity index is 742. The lowest BCUT2D eigenvalue weighted by Crippen LogP contribution is -2.42. The lowest BCUT2D eigenvalue weighted by atomic mass is 9.98. The van der Waals surface area contributed by atoms with Gasteiger partial charge < -0.3 is 10.6 Å². The van der Waals surface area contributed by atoms with Crippen molar-refractivity contribution in [1.29, 1.82) is 0 Å². The fourth-order valence-electron chi connectivity index (χ4n) is 2.72. The summed E-state index contributed by atoms with van der Waals surface area (Å²) in [7, 11) is -3.31. The molecule has 3 rings (SSSR count). The third kappa shape index (κ3) is 1.95. The highest BCUT2D eigenvalue weighted by atomic mass is 32.3. The predicted molar refractivity (Wildman–Crippen MR) is 64.5 cm³/mol. The van der Waals surface area contributed by atoms with Crippen molar-refractivity contribution in [2.75, 3.05) is 6.54 Å². The molecule has 3 heterocycles. The van der Waals surface area contributed by atoms with Crippen LogP contribution in [0.5, 0.6) is 0 Å². The minimum Gasteiger partial charge on any atom is -0.368 e. The number of hydrogen-bond acceptors (Lipinski definition) is 6. The molecule has 1 fully saturated rings. The van der Waals surface area contributed by atoms with Gasteiger partial charge in [-0.3, -0.25) is 14.0 Å². The van der Waals surface area contributed by atoms with Gasteiger partial charge in [0.2, 0.25) is 5.91 Å². The number of hydroxylamine groups is 2. The average molecular weight is 317 g/mol. The maximum absolute atomic E-state index is 12.2. The van der Waals surface area contributed by atoms with E-state index < -0.39 is 34.4 Å². The van der Waals surface area contributed by atoms with Crippen LogP contribution in [0.2, 0.25) is 0 Å². The smallest absolute Gasteiger partial charge is 0.368 e. The number of aromatic nitrogens is 2. The summed E-state index contributed by atoms with van der Waals surface area (Å²) in [6, 6.07) is -2.76. The van der Waals surface area contributed by atoms with Crippen molar-refractivity contribution in [2.45, 2.75) is 12.1 Å². The Balaban J connectivity index is 2.12. The minimum atomic E-state index is -4.88. The number of nitrogens with zero attached hydrogens (tertiary/aromatic N) is 4. The zero-order valence-corrected chi connectivity index (χ0v) is 11.5. The molecule has 1 aromatic heterocycles. The molecule has 0 radical (unpaired) electrons.